The van der Waals surface area contributed by atoms with Crippen LogP contribution in [0, 0.1) is 0 Å². The van der Waals surface area contributed by atoms with Crippen molar-refractivity contribution < 1.29 is 86.2 Å². The molecule has 2 unspecified atom stereocenters. The Bertz CT molecular complexity index is 2000. The molecule has 71 heavy (non-hydrogen) atoms. The Labute approximate surface area is 409 Å². The smallest absolute Gasteiger partial charge is 0.412 e. The predicted molar refractivity (Wildman–Crippen MR) is 242 cm³/mol. The number of ether oxygens (including phenoxy) is 7. The number of carbonyl (C=O) groups is 10. The van der Waals surface area contributed by atoms with E-state index in [1.807, 2.05) is 19.6 Å². The molecule has 4 heterocycles. The fourth-order valence-corrected chi connectivity index (χ4v) is 7.35. The number of ketones is 1. The molecule has 3 saturated heterocycles. The molecule has 4 aliphatic heterocycles. The maximum atomic E-state index is 13.2. The van der Waals surface area contributed by atoms with Gasteiger partial charge in [-0.3, -0.25) is 67.7 Å². The van der Waals surface area contributed by atoms with Gasteiger partial charge in [-0.05, 0) is 17.7 Å². The van der Waals surface area contributed by atoms with Crippen LogP contribution in [-0.4, -0.2) is 246 Å². The number of fused-ring (bicyclic) bond motifs is 7. The molecule has 0 aromatic heterocycles. The minimum Gasteiger partial charge on any atom is -0.484 e. The lowest BCUT2D eigenvalue weighted by atomic mass is 10.1. The van der Waals surface area contributed by atoms with E-state index in [-0.39, 0.29) is 117 Å². The number of imide groups is 1. The molecular formula is C45H62N8O18. The van der Waals surface area contributed by atoms with Gasteiger partial charge in [0, 0.05) is 103 Å². The van der Waals surface area contributed by atoms with Gasteiger partial charge in [0.25, 0.3) is 17.7 Å². The summed E-state index contributed by atoms with van der Waals surface area (Å²) in [5.41, 5.74) is 0.567. The maximum Gasteiger partial charge on any atom is 0.412 e. The van der Waals surface area contributed by atoms with Crippen LogP contribution in [-0.2, 0) is 82.8 Å². The third kappa shape index (κ3) is 21.2. The number of carbonyl (C=O) groups excluding carboxylic acids is 9. The van der Waals surface area contributed by atoms with Gasteiger partial charge < -0.3 is 54.2 Å². The second-order valence-corrected chi connectivity index (χ2v) is 16.6. The molecule has 390 valence electrons. The second-order valence-electron chi connectivity index (χ2n) is 16.6. The quantitative estimate of drug-likeness (QED) is 0.0389. The van der Waals surface area contributed by atoms with E-state index in [1.54, 1.807) is 24.3 Å². The second kappa shape index (κ2) is 29.7. The van der Waals surface area contributed by atoms with Gasteiger partial charge in [-0.25, -0.2) is 4.79 Å². The zero-order chi connectivity index (χ0) is 51.0. The first-order chi connectivity index (χ1) is 34.2. The molecule has 1 aromatic rings. The summed E-state index contributed by atoms with van der Waals surface area (Å²) in [5, 5.41) is 17.6. The maximum absolute atomic E-state index is 13.2. The Hall–Kier alpha value is -6.42. The molecule has 4 N–H and O–H groups in total. The molecule has 5 rings (SSSR count). The number of hydrogen-bond acceptors (Lipinski definition) is 21. The van der Waals surface area contributed by atoms with E-state index in [0.717, 1.165) is 4.90 Å². The third-order valence-electron chi connectivity index (χ3n) is 11.2. The van der Waals surface area contributed by atoms with Crippen molar-refractivity contribution in [1.82, 2.24) is 40.4 Å². The van der Waals surface area contributed by atoms with Crippen LogP contribution in [0.1, 0.15) is 18.4 Å². The number of carboxylic acid groups (broad SMARTS) is 1. The van der Waals surface area contributed by atoms with Crippen LogP contribution in [0.2, 0.25) is 0 Å². The summed E-state index contributed by atoms with van der Waals surface area (Å²) < 4.78 is 37.1. The normalized spacial score (nSPS) is 21.4. The summed E-state index contributed by atoms with van der Waals surface area (Å²) in [6.45, 7) is 1.81. The Morgan fingerprint density at radius 2 is 1.13 bits per heavy atom. The van der Waals surface area contributed by atoms with Crippen LogP contribution < -0.4 is 20.7 Å². The molecule has 3 fully saturated rings. The van der Waals surface area contributed by atoms with Crippen LogP contribution in [0.4, 0.5) is 0 Å². The molecule has 0 radical (unpaired) electrons. The van der Waals surface area contributed by atoms with E-state index in [4.69, 9.17) is 33.2 Å². The monoisotopic (exact) mass is 1000 g/mol. The van der Waals surface area contributed by atoms with Crippen molar-refractivity contribution in [2.24, 2.45) is 0 Å². The fourth-order valence-electron chi connectivity index (χ4n) is 7.35. The largest absolute Gasteiger partial charge is 0.484 e. The Balaban J connectivity index is 0.927. The van der Waals surface area contributed by atoms with Gasteiger partial charge in [-0.1, -0.05) is 12.1 Å². The van der Waals surface area contributed by atoms with E-state index >= 15 is 0 Å². The molecule has 4 aliphatic rings. The number of hydrogen-bond donors (Lipinski definition) is 4. The summed E-state index contributed by atoms with van der Waals surface area (Å²) in [7, 11) is 0. The first kappa shape index (κ1) is 55.5. The number of carboxylic acids is 1. The zero-order valence-electron chi connectivity index (χ0n) is 39.4. The minimum absolute atomic E-state index is 0.0344. The van der Waals surface area contributed by atoms with E-state index in [9.17, 15) is 53.1 Å². The SMILES string of the molecule is O=C(CCC(=O)N[C@@H](Cc1ccc(OCC(=O)NCCOCCOCCOCC(=O)NCCN2C(=O)C=CC2=O)cc1)C(=O)O)CN1CCN2CCN3CCN(CC1)CC(=O)OC(OC(=O)C2)OC(=O)C3. The summed E-state index contributed by atoms with van der Waals surface area (Å²) in [6, 6.07) is 5.06. The highest BCUT2D eigenvalue weighted by molar-refractivity contribution is 6.12. The van der Waals surface area contributed by atoms with E-state index in [2.05, 4.69) is 16.0 Å². The van der Waals surface area contributed by atoms with Gasteiger partial charge in [0.15, 0.2) is 6.61 Å². The van der Waals surface area contributed by atoms with E-state index < -0.39 is 65.9 Å². The summed E-state index contributed by atoms with van der Waals surface area (Å²) in [5.74, 6) is -5.66. The molecule has 1 aromatic carbocycles. The van der Waals surface area contributed by atoms with Crippen molar-refractivity contribution in [3.63, 3.8) is 0 Å². The molecule has 0 saturated carbocycles. The fraction of sp³-hybridized carbons (Fsp3) is 0.600. The minimum atomic E-state index is -1.80. The van der Waals surface area contributed by atoms with Gasteiger partial charge >= 0.3 is 30.4 Å². The topological polar surface area (TPSA) is 308 Å². The Morgan fingerprint density at radius 3 is 1.69 bits per heavy atom. The number of benzene rings is 1. The van der Waals surface area contributed by atoms with Gasteiger partial charge in [0.05, 0.1) is 59.2 Å². The van der Waals surface area contributed by atoms with Crippen LogP contribution in [0.3, 0.4) is 0 Å². The first-order valence-electron chi connectivity index (χ1n) is 23.2. The molecule has 4 bridgehead atoms. The van der Waals surface area contributed by atoms with Crippen molar-refractivity contribution in [1.29, 1.82) is 0 Å². The molecule has 0 spiro atoms. The summed E-state index contributed by atoms with van der Waals surface area (Å²) >= 11 is 0. The molecule has 3 atom stereocenters. The molecular weight excluding hydrogens is 941 g/mol. The lowest BCUT2D eigenvalue weighted by molar-refractivity contribution is -0.258. The summed E-state index contributed by atoms with van der Waals surface area (Å²) in [4.78, 5) is 132. The molecule has 26 heteroatoms. The first-order valence-corrected chi connectivity index (χ1v) is 23.2. The standard InChI is InChI=1S/C45H62N8O18/c54-33(26-49-12-14-50-16-18-52-19-17-51(15-13-49)28-42(61)70-45(69-41(60)27-50)71-43(62)29-52)3-6-36(55)48-35(44(63)64)25-32-1-4-34(5-2-32)68-31-38(57)47-10-20-65-21-22-66-23-24-67-30-37(56)46-9-11-53-39(58)7-8-40(53)59/h1-2,4-5,7-8,35,45H,3,6,9-31H2,(H,46,56)(H,47,57)(H,48,55)(H,63,64)/t35-/m0/s1. The summed E-state index contributed by atoms with van der Waals surface area (Å²) in [6.07, 6.45) is 1.87. The van der Waals surface area contributed by atoms with Crippen LogP contribution in [0.5, 0.6) is 5.75 Å². The van der Waals surface area contributed by atoms with Crippen molar-refractivity contribution in [2.75, 3.05) is 144 Å². The highest BCUT2D eigenvalue weighted by atomic mass is 16.9. The number of rotatable bonds is 26. The van der Waals surface area contributed by atoms with Gasteiger partial charge in [-0.2, -0.15) is 0 Å². The Morgan fingerprint density at radius 1 is 0.620 bits per heavy atom. The number of amides is 5. The van der Waals surface area contributed by atoms with Crippen LogP contribution in [0.25, 0.3) is 0 Å². The zero-order valence-corrected chi connectivity index (χ0v) is 39.4. The average Bonchev–Trinajstić information content (AvgIpc) is 3.63. The van der Waals surface area contributed by atoms with Crippen LogP contribution in [0.15, 0.2) is 36.4 Å². The highest BCUT2D eigenvalue weighted by Crippen LogP contribution is 2.15. The average molecular weight is 1000 g/mol. The molecule has 5 amide bonds. The van der Waals surface area contributed by atoms with E-state index in [0.29, 0.717) is 63.7 Å². The Kier molecular flexibility index (Phi) is 23.2. The third-order valence-corrected chi connectivity index (χ3v) is 11.2. The number of esters is 3. The van der Waals surface area contributed by atoms with Crippen molar-refractivity contribution in [3.05, 3.63) is 42.0 Å². The number of nitrogens with one attached hydrogen (secondary N) is 3. The van der Waals surface area contributed by atoms with Crippen molar-refractivity contribution in [3.8, 4) is 5.75 Å². The number of nitrogens with zero attached hydrogens (tertiary/aromatic N) is 5. The van der Waals surface area contributed by atoms with Gasteiger partial charge in [-0.15, -0.1) is 0 Å². The highest BCUT2D eigenvalue weighted by Gasteiger charge is 2.31. The lowest BCUT2D eigenvalue weighted by Gasteiger charge is -2.33. The predicted octanol–water partition coefficient (Wildman–Crippen LogP) is -4.10. The number of Topliss-reactive ketones (excluding diaryl/α,β-unsaturated/α-hetero) is 1. The number of aliphatic carboxylic acids is 1. The molecule has 0 aliphatic carbocycles. The van der Waals surface area contributed by atoms with Gasteiger partial charge in [0.2, 0.25) is 11.8 Å². The van der Waals surface area contributed by atoms with E-state index in [1.165, 1.54) is 12.2 Å². The lowest BCUT2D eigenvalue weighted by Crippen LogP contribution is -2.49. The van der Waals surface area contributed by atoms with Crippen LogP contribution >= 0.6 is 0 Å². The van der Waals surface area contributed by atoms with Crippen molar-refractivity contribution >= 4 is 59.2 Å². The molecule has 26 nitrogen and oxygen atoms in total. The van der Waals surface area contributed by atoms with Crippen molar-refractivity contribution in [2.45, 2.75) is 31.8 Å². The van der Waals surface area contributed by atoms with Gasteiger partial charge in [0.1, 0.15) is 24.2 Å².